The summed E-state index contributed by atoms with van der Waals surface area (Å²) in [7, 11) is -5.26. The first-order chi connectivity index (χ1) is 10.2. The minimum absolute atomic E-state index is 0.482. The van der Waals surface area contributed by atoms with Crippen molar-refractivity contribution in [1.29, 1.82) is 0 Å². The largest absolute Gasteiger partial charge is 0.501 e. The second-order valence-electron chi connectivity index (χ2n) is 5.31. The Kier molecular flexibility index (Phi) is 5.27. The fourth-order valence-electron chi connectivity index (χ4n) is 2.50. The van der Waals surface area contributed by atoms with E-state index >= 15 is 0 Å². The number of halogens is 3. The normalized spacial score (nSPS) is 23.3. The summed E-state index contributed by atoms with van der Waals surface area (Å²) in [6.07, 6.45) is 9.40. The smallest absolute Gasteiger partial charge is 0.214 e. The summed E-state index contributed by atoms with van der Waals surface area (Å²) >= 11 is 1.86. The number of thioether (sulfide) groups is 1. The Hall–Kier alpha value is -0.950. The molecule has 2 unspecified atom stereocenters. The lowest BCUT2D eigenvalue weighted by Crippen LogP contribution is -2.23. The summed E-state index contributed by atoms with van der Waals surface area (Å²) in [5.74, 6) is 0.482. The van der Waals surface area contributed by atoms with Crippen LogP contribution in [-0.2, 0) is 9.84 Å². The molecule has 0 amide bonds. The van der Waals surface area contributed by atoms with Gasteiger partial charge in [-0.3, -0.25) is 0 Å². The van der Waals surface area contributed by atoms with E-state index in [1.54, 1.807) is 0 Å². The zero-order chi connectivity index (χ0) is 16.4. The Labute approximate surface area is 132 Å². The van der Waals surface area contributed by atoms with Crippen molar-refractivity contribution in [3.8, 4) is 0 Å². The van der Waals surface area contributed by atoms with Crippen LogP contribution in [0.5, 0.6) is 0 Å². The zero-order valence-corrected chi connectivity index (χ0v) is 13.6. The van der Waals surface area contributed by atoms with E-state index < -0.39 is 20.2 Å². The number of alkyl halides is 3. The van der Waals surface area contributed by atoms with Gasteiger partial charge in [0.2, 0.25) is 0 Å². The molecule has 0 N–H and O–H groups in total. The molecule has 2 nitrogen and oxygen atoms in total. The van der Waals surface area contributed by atoms with Gasteiger partial charge in [-0.15, -0.1) is 0 Å². The molecule has 1 fully saturated rings. The van der Waals surface area contributed by atoms with E-state index in [2.05, 4.69) is 12.3 Å². The van der Waals surface area contributed by atoms with Crippen molar-refractivity contribution in [2.24, 2.45) is 5.92 Å². The van der Waals surface area contributed by atoms with Gasteiger partial charge in [0.1, 0.15) is 0 Å². The average molecular weight is 350 g/mol. The Bertz CT molecular complexity index is 634. The van der Waals surface area contributed by atoms with E-state index in [0.29, 0.717) is 16.7 Å². The molecule has 7 heteroatoms. The van der Waals surface area contributed by atoms with Crippen LogP contribution in [0.1, 0.15) is 24.8 Å². The number of hydrogen-bond donors (Lipinski definition) is 0. The molecule has 1 saturated carbocycles. The third-order valence-corrected chi connectivity index (χ3v) is 6.41. The highest BCUT2D eigenvalue weighted by molar-refractivity contribution is 7.99. The van der Waals surface area contributed by atoms with Crippen molar-refractivity contribution in [3.05, 3.63) is 35.9 Å². The monoisotopic (exact) mass is 350 g/mol. The topological polar surface area (TPSA) is 34.1 Å². The molecule has 1 aromatic carbocycles. The SMILES string of the molecule is CSC1CCC(/C=C/c2ccc(S(=O)(=O)C(F)(F)F)cc2)C1. The minimum Gasteiger partial charge on any atom is -0.214 e. The summed E-state index contributed by atoms with van der Waals surface area (Å²) < 4.78 is 59.8. The molecule has 2 rings (SSSR count). The van der Waals surface area contributed by atoms with Crippen molar-refractivity contribution >= 4 is 27.7 Å². The second-order valence-corrected chi connectivity index (χ2v) is 8.39. The first-order valence-electron chi connectivity index (χ1n) is 6.86. The van der Waals surface area contributed by atoms with Gasteiger partial charge in [-0.2, -0.15) is 24.9 Å². The summed E-state index contributed by atoms with van der Waals surface area (Å²) in [5, 5.41) is 0.675. The third kappa shape index (κ3) is 3.87. The van der Waals surface area contributed by atoms with E-state index in [1.165, 1.54) is 18.6 Å². The van der Waals surface area contributed by atoms with Crippen LogP contribution in [-0.4, -0.2) is 25.4 Å². The van der Waals surface area contributed by atoms with Crippen LogP contribution in [0.4, 0.5) is 13.2 Å². The molecule has 22 heavy (non-hydrogen) atoms. The maximum absolute atomic E-state index is 12.4. The number of rotatable bonds is 4. The van der Waals surface area contributed by atoms with Crippen molar-refractivity contribution in [3.63, 3.8) is 0 Å². The van der Waals surface area contributed by atoms with Crippen LogP contribution < -0.4 is 0 Å². The molecule has 122 valence electrons. The second kappa shape index (κ2) is 6.66. The molecular weight excluding hydrogens is 333 g/mol. The molecule has 1 aliphatic carbocycles. The zero-order valence-electron chi connectivity index (χ0n) is 12.0. The Balaban J connectivity index is 2.07. The van der Waals surface area contributed by atoms with Crippen LogP contribution in [0.2, 0.25) is 0 Å². The molecule has 0 saturated heterocycles. The lowest BCUT2D eigenvalue weighted by Gasteiger charge is -2.08. The summed E-state index contributed by atoms with van der Waals surface area (Å²) in [5.41, 5.74) is -4.56. The molecule has 2 atom stereocenters. The van der Waals surface area contributed by atoms with Gasteiger partial charge in [0.15, 0.2) is 0 Å². The third-order valence-electron chi connectivity index (χ3n) is 3.81. The molecule has 0 heterocycles. The fraction of sp³-hybridized carbons (Fsp3) is 0.467. The van der Waals surface area contributed by atoms with Gasteiger partial charge >= 0.3 is 5.51 Å². The number of sulfone groups is 1. The first kappa shape index (κ1) is 17.4. The van der Waals surface area contributed by atoms with Crippen molar-refractivity contribution < 1.29 is 21.6 Å². The number of benzene rings is 1. The highest BCUT2D eigenvalue weighted by Gasteiger charge is 2.46. The average Bonchev–Trinajstić information content (AvgIpc) is 2.92. The molecule has 1 aromatic rings. The predicted octanol–water partition coefficient (Wildman–Crippen LogP) is 4.53. The summed E-state index contributed by atoms with van der Waals surface area (Å²) in [4.78, 5) is -0.722. The maximum Gasteiger partial charge on any atom is 0.501 e. The number of allylic oxidation sites excluding steroid dienone is 1. The molecular formula is C15H17F3O2S2. The molecule has 0 bridgehead atoms. The van der Waals surface area contributed by atoms with Crippen molar-refractivity contribution in [1.82, 2.24) is 0 Å². The Morgan fingerprint density at radius 2 is 1.82 bits per heavy atom. The van der Waals surface area contributed by atoms with Crippen LogP contribution in [0.15, 0.2) is 35.2 Å². The standard InChI is InChI=1S/C15H17F3O2S2/c1-21-13-7-4-12(10-13)3-2-11-5-8-14(9-6-11)22(19,20)15(16,17)18/h2-3,5-6,8-9,12-13H,4,7,10H2,1H3/b3-2+. The van der Waals surface area contributed by atoms with E-state index in [0.717, 1.165) is 25.0 Å². The van der Waals surface area contributed by atoms with E-state index in [4.69, 9.17) is 0 Å². The fourth-order valence-corrected chi connectivity index (χ4v) is 4.07. The van der Waals surface area contributed by atoms with Crippen LogP contribution in [0, 0.1) is 5.92 Å². The van der Waals surface area contributed by atoms with Crippen molar-refractivity contribution in [2.75, 3.05) is 6.26 Å². The van der Waals surface area contributed by atoms with Gasteiger partial charge in [0.05, 0.1) is 4.90 Å². The Morgan fingerprint density at radius 1 is 1.18 bits per heavy atom. The van der Waals surface area contributed by atoms with E-state index in [1.807, 2.05) is 17.8 Å². The lowest BCUT2D eigenvalue weighted by molar-refractivity contribution is -0.0436. The van der Waals surface area contributed by atoms with Gasteiger partial charge in [-0.25, -0.2) is 8.42 Å². The molecule has 1 aliphatic rings. The molecule has 0 aliphatic heterocycles. The van der Waals surface area contributed by atoms with Crippen LogP contribution in [0.3, 0.4) is 0 Å². The maximum atomic E-state index is 12.4. The van der Waals surface area contributed by atoms with Gasteiger partial charge in [-0.05, 0) is 49.1 Å². The first-order valence-corrected chi connectivity index (χ1v) is 9.63. The molecule has 0 radical (unpaired) electrons. The highest BCUT2D eigenvalue weighted by atomic mass is 32.2. The van der Waals surface area contributed by atoms with Gasteiger partial charge in [0, 0.05) is 5.25 Å². The van der Waals surface area contributed by atoms with E-state index in [9.17, 15) is 21.6 Å². The predicted molar refractivity (Wildman–Crippen MR) is 83.4 cm³/mol. The van der Waals surface area contributed by atoms with Gasteiger partial charge in [-0.1, -0.05) is 24.3 Å². The van der Waals surface area contributed by atoms with Crippen molar-refractivity contribution in [2.45, 2.75) is 34.9 Å². The van der Waals surface area contributed by atoms with Crippen LogP contribution in [0.25, 0.3) is 6.08 Å². The van der Waals surface area contributed by atoms with Gasteiger partial charge in [0.25, 0.3) is 9.84 Å². The minimum atomic E-state index is -5.26. The molecule has 0 aromatic heterocycles. The quantitative estimate of drug-likeness (QED) is 0.800. The van der Waals surface area contributed by atoms with Crippen LogP contribution >= 0.6 is 11.8 Å². The molecule has 0 spiro atoms. The summed E-state index contributed by atoms with van der Waals surface area (Å²) in [6, 6.07) is 4.80. The highest BCUT2D eigenvalue weighted by Crippen LogP contribution is 2.34. The summed E-state index contributed by atoms with van der Waals surface area (Å²) in [6.45, 7) is 0. The van der Waals surface area contributed by atoms with Gasteiger partial charge < -0.3 is 0 Å². The lowest BCUT2D eigenvalue weighted by atomic mass is 10.1. The number of hydrogen-bond acceptors (Lipinski definition) is 3. The van der Waals surface area contributed by atoms with E-state index in [-0.39, 0.29) is 0 Å². The Morgan fingerprint density at radius 3 is 2.32 bits per heavy atom.